The number of carbonyl (C=O) groups is 1. The van der Waals surface area contributed by atoms with Gasteiger partial charge in [0.05, 0.1) is 5.56 Å². The second-order valence-corrected chi connectivity index (χ2v) is 6.54. The van der Waals surface area contributed by atoms with Crippen molar-refractivity contribution < 1.29 is 13.7 Å². The Kier molecular flexibility index (Phi) is 4.42. The maximum Gasteiger partial charge on any atom is 0.257 e. The van der Waals surface area contributed by atoms with E-state index in [1.807, 2.05) is 30.3 Å². The van der Waals surface area contributed by atoms with Gasteiger partial charge in [-0.2, -0.15) is 4.98 Å². The molecule has 1 atom stereocenters. The Labute approximate surface area is 154 Å². The largest absolute Gasteiger partial charge is 0.337 e. The Morgan fingerprint density at radius 2 is 2.04 bits per heavy atom. The van der Waals surface area contributed by atoms with Gasteiger partial charge in [0.25, 0.3) is 5.91 Å². The minimum Gasteiger partial charge on any atom is -0.337 e. The van der Waals surface area contributed by atoms with Crippen LogP contribution in [0.5, 0.6) is 0 Å². The Hall–Kier alpha value is -2.73. The summed E-state index contributed by atoms with van der Waals surface area (Å²) in [5, 5.41) is 4.26. The number of benzene rings is 2. The van der Waals surface area contributed by atoms with Gasteiger partial charge in [0.2, 0.25) is 11.7 Å². The van der Waals surface area contributed by atoms with Crippen LogP contribution in [0, 0.1) is 5.82 Å². The highest BCUT2D eigenvalue weighted by Gasteiger charge is 2.35. The van der Waals surface area contributed by atoms with Gasteiger partial charge in [-0.15, -0.1) is 0 Å². The second kappa shape index (κ2) is 6.88. The van der Waals surface area contributed by atoms with E-state index in [-0.39, 0.29) is 16.6 Å². The molecule has 7 heteroatoms. The fraction of sp³-hybridized carbons (Fsp3) is 0.211. The molecule has 0 N–H and O–H groups in total. The molecular weight excluding hydrogens is 357 g/mol. The third kappa shape index (κ3) is 3.08. The van der Waals surface area contributed by atoms with Crippen LogP contribution in [-0.4, -0.2) is 27.5 Å². The maximum absolute atomic E-state index is 14.1. The average molecular weight is 372 g/mol. The lowest BCUT2D eigenvalue weighted by molar-refractivity contribution is 0.0705. The van der Waals surface area contributed by atoms with E-state index in [0.29, 0.717) is 24.7 Å². The molecule has 1 aromatic heterocycles. The molecule has 0 spiro atoms. The third-order valence-corrected chi connectivity index (χ3v) is 4.67. The number of hydrogen-bond donors (Lipinski definition) is 0. The number of nitrogens with zero attached hydrogens (tertiary/aromatic N) is 3. The molecule has 1 aliphatic rings. The molecular formula is C19H15ClFN3O2. The Morgan fingerprint density at radius 1 is 1.23 bits per heavy atom. The molecule has 2 aromatic carbocycles. The van der Waals surface area contributed by atoms with E-state index >= 15 is 0 Å². The number of rotatable bonds is 3. The molecule has 2 heterocycles. The summed E-state index contributed by atoms with van der Waals surface area (Å²) in [7, 11) is 0. The summed E-state index contributed by atoms with van der Waals surface area (Å²) >= 11 is 5.77. The average Bonchev–Trinajstić information content (AvgIpc) is 3.31. The lowest BCUT2D eigenvalue weighted by Crippen LogP contribution is -2.31. The van der Waals surface area contributed by atoms with E-state index in [2.05, 4.69) is 10.1 Å². The zero-order chi connectivity index (χ0) is 18.1. The van der Waals surface area contributed by atoms with Crippen LogP contribution in [0.25, 0.3) is 11.4 Å². The standard InChI is InChI=1S/C19H15ClFN3O2/c20-13-8-9-14(15(21)11-13)19(25)24-10-4-7-16(24)18-22-17(23-26-18)12-5-2-1-3-6-12/h1-3,5-6,8-9,11,16H,4,7,10H2/t16-/m0/s1. The first-order valence-electron chi connectivity index (χ1n) is 8.28. The molecule has 0 unspecified atom stereocenters. The summed E-state index contributed by atoms with van der Waals surface area (Å²) in [4.78, 5) is 18.8. The lowest BCUT2D eigenvalue weighted by Gasteiger charge is -2.22. The van der Waals surface area contributed by atoms with Gasteiger partial charge in [-0.1, -0.05) is 47.1 Å². The molecule has 0 aliphatic carbocycles. The van der Waals surface area contributed by atoms with E-state index in [1.165, 1.54) is 12.1 Å². The minimum absolute atomic E-state index is 0.0101. The van der Waals surface area contributed by atoms with Gasteiger partial charge in [-0.05, 0) is 31.0 Å². The molecule has 132 valence electrons. The van der Waals surface area contributed by atoms with E-state index in [1.54, 1.807) is 4.90 Å². The fourth-order valence-corrected chi connectivity index (χ4v) is 3.32. The summed E-state index contributed by atoms with van der Waals surface area (Å²) in [6.07, 6.45) is 1.48. The van der Waals surface area contributed by atoms with Crippen molar-refractivity contribution in [2.24, 2.45) is 0 Å². The fourth-order valence-electron chi connectivity index (χ4n) is 3.16. The van der Waals surface area contributed by atoms with Crippen molar-refractivity contribution in [3.63, 3.8) is 0 Å². The maximum atomic E-state index is 14.1. The molecule has 0 bridgehead atoms. The number of aromatic nitrogens is 2. The summed E-state index contributed by atoms with van der Waals surface area (Å²) in [6.45, 7) is 0.509. The quantitative estimate of drug-likeness (QED) is 0.679. The molecule has 1 amide bonds. The Morgan fingerprint density at radius 3 is 2.81 bits per heavy atom. The zero-order valence-corrected chi connectivity index (χ0v) is 14.5. The number of hydrogen-bond acceptors (Lipinski definition) is 4. The van der Waals surface area contributed by atoms with Crippen LogP contribution in [0.15, 0.2) is 53.1 Å². The predicted octanol–water partition coefficient (Wildman–Crippen LogP) is 4.51. The van der Waals surface area contributed by atoms with Crippen LogP contribution < -0.4 is 0 Å². The van der Waals surface area contributed by atoms with Crippen LogP contribution in [0.3, 0.4) is 0 Å². The van der Waals surface area contributed by atoms with Crippen molar-refractivity contribution in [2.75, 3.05) is 6.54 Å². The summed E-state index contributed by atoms with van der Waals surface area (Å²) in [6, 6.07) is 13.1. The molecule has 1 aliphatic heterocycles. The minimum atomic E-state index is -0.636. The molecule has 26 heavy (non-hydrogen) atoms. The highest BCUT2D eigenvalue weighted by atomic mass is 35.5. The van der Waals surface area contributed by atoms with Gasteiger partial charge in [-0.25, -0.2) is 4.39 Å². The van der Waals surface area contributed by atoms with E-state index in [0.717, 1.165) is 18.1 Å². The molecule has 0 radical (unpaired) electrons. The van der Waals surface area contributed by atoms with Crippen molar-refractivity contribution in [3.8, 4) is 11.4 Å². The topological polar surface area (TPSA) is 59.2 Å². The third-order valence-electron chi connectivity index (χ3n) is 4.43. The van der Waals surface area contributed by atoms with E-state index in [9.17, 15) is 9.18 Å². The van der Waals surface area contributed by atoms with Crippen LogP contribution in [0.4, 0.5) is 4.39 Å². The van der Waals surface area contributed by atoms with Crippen LogP contribution in [-0.2, 0) is 0 Å². The van der Waals surface area contributed by atoms with Crippen molar-refractivity contribution >= 4 is 17.5 Å². The molecule has 4 rings (SSSR count). The monoisotopic (exact) mass is 371 g/mol. The van der Waals surface area contributed by atoms with Gasteiger partial charge in [0, 0.05) is 17.1 Å². The number of amides is 1. The van der Waals surface area contributed by atoms with Crippen molar-refractivity contribution in [1.29, 1.82) is 0 Å². The smallest absolute Gasteiger partial charge is 0.257 e. The number of likely N-dealkylation sites (tertiary alicyclic amines) is 1. The van der Waals surface area contributed by atoms with E-state index < -0.39 is 11.7 Å². The Balaban J connectivity index is 1.61. The zero-order valence-electron chi connectivity index (χ0n) is 13.7. The predicted molar refractivity (Wildman–Crippen MR) is 94.2 cm³/mol. The SMILES string of the molecule is O=C(c1ccc(Cl)cc1F)N1CCC[C@H]1c1nc(-c2ccccc2)no1. The van der Waals surface area contributed by atoms with Crippen molar-refractivity contribution in [3.05, 3.63) is 70.8 Å². The van der Waals surface area contributed by atoms with Gasteiger partial charge in [0.1, 0.15) is 11.9 Å². The Bertz CT molecular complexity index is 945. The van der Waals surface area contributed by atoms with Crippen LogP contribution >= 0.6 is 11.6 Å². The first kappa shape index (κ1) is 16.7. The summed E-state index contributed by atoms with van der Waals surface area (Å²) in [5.41, 5.74) is 0.825. The van der Waals surface area contributed by atoms with Gasteiger partial charge >= 0.3 is 0 Å². The molecule has 1 saturated heterocycles. The van der Waals surface area contributed by atoms with Crippen molar-refractivity contribution in [1.82, 2.24) is 15.0 Å². The molecule has 1 fully saturated rings. The van der Waals surface area contributed by atoms with Gasteiger partial charge in [-0.3, -0.25) is 4.79 Å². The summed E-state index contributed by atoms with van der Waals surface area (Å²) < 4.78 is 19.5. The first-order chi connectivity index (χ1) is 12.6. The normalized spacial score (nSPS) is 16.8. The molecule has 0 saturated carbocycles. The lowest BCUT2D eigenvalue weighted by atomic mass is 10.1. The number of halogens is 2. The highest BCUT2D eigenvalue weighted by Crippen LogP contribution is 2.33. The highest BCUT2D eigenvalue weighted by molar-refractivity contribution is 6.30. The van der Waals surface area contributed by atoms with Crippen LogP contribution in [0.2, 0.25) is 5.02 Å². The number of carbonyl (C=O) groups excluding carboxylic acids is 1. The first-order valence-corrected chi connectivity index (χ1v) is 8.66. The van der Waals surface area contributed by atoms with Gasteiger partial charge < -0.3 is 9.42 Å². The van der Waals surface area contributed by atoms with Crippen molar-refractivity contribution in [2.45, 2.75) is 18.9 Å². The second-order valence-electron chi connectivity index (χ2n) is 6.10. The van der Waals surface area contributed by atoms with E-state index in [4.69, 9.17) is 16.1 Å². The van der Waals surface area contributed by atoms with Gasteiger partial charge in [0.15, 0.2) is 0 Å². The molecule has 3 aromatic rings. The summed E-state index contributed by atoms with van der Waals surface area (Å²) in [5.74, 6) is -0.202. The van der Waals surface area contributed by atoms with Crippen LogP contribution in [0.1, 0.15) is 35.1 Å². The molecule has 5 nitrogen and oxygen atoms in total.